The molecule has 3 heteroatoms. The minimum absolute atomic E-state index is 0.00646. The summed E-state index contributed by atoms with van der Waals surface area (Å²) in [6.45, 7) is 7.97. The first-order valence-corrected chi connectivity index (χ1v) is 7.76. The number of rotatable bonds is 4. The topological polar surface area (TPSA) is 26.3 Å². The number of hydrogen-bond acceptors (Lipinski definition) is 2. The number of halogens is 1. The van der Waals surface area contributed by atoms with E-state index in [-0.39, 0.29) is 5.78 Å². The van der Waals surface area contributed by atoms with E-state index in [9.17, 15) is 4.79 Å². The zero-order valence-electron chi connectivity index (χ0n) is 12.7. The number of carbonyl (C=O) groups excluding carboxylic acids is 1. The number of aryl methyl sites for hydroxylation is 1. The fourth-order valence-corrected chi connectivity index (χ4v) is 2.70. The highest BCUT2D eigenvalue weighted by atomic mass is 79.9. The Labute approximate surface area is 134 Å². The third-order valence-corrected chi connectivity index (χ3v) is 3.91. The second-order valence-electron chi connectivity index (χ2n) is 5.47. The van der Waals surface area contributed by atoms with Gasteiger partial charge >= 0.3 is 0 Å². The molecule has 0 aliphatic rings. The maximum Gasteiger partial charge on any atom is 0.163 e. The van der Waals surface area contributed by atoms with E-state index in [0.717, 1.165) is 10.2 Å². The van der Waals surface area contributed by atoms with Crippen LogP contribution in [0, 0.1) is 6.92 Å². The van der Waals surface area contributed by atoms with Gasteiger partial charge in [-0.25, -0.2) is 0 Å². The first-order chi connectivity index (χ1) is 9.88. The summed E-state index contributed by atoms with van der Waals surface area (Å²) in [6.07, 6.45) is 0. The summed E-state index contributed by atoms with van der Waals surface area (Å²) in [5, 5.41) is 0. The van der Waals surface area contributed by atoms with Gasteiger partial charge in [0.1, 0.15) is 11.5 Å². The van der Waals surface area contributed by atoms with Gasteiger partial charge in [-0.05, 0) is 61.2 Å². The van der Waals surface area contributed by atoms with Crippen LogP contribution in [-0.4, -0.2) is 5.78 Å². The van der Waals surface area contributed by atoms with Crippen molar-refractivity contribution >= 4 is 21.7 Å². The third-order valence-electron chi connectivity index (χ3n) is 3.41. The lowest BCUT2D eigenvalue weighted by molar-refractivity contribution is 0.101. The fraction of sp³-hybridized carbons (Fsp3) is 0.278. The van der Waals surface area contributed by atoms with Gasteiger partial charge in [-0.3, -0.25) is 4.79 Å². The highest BCUT2D eigenvalue weighted by molar-refractivity contribution is 9.10. The van der Waals surface area contributed by atoms with Crippen molar-refractivity contribution in [3.63, 3.8) is 0 Å². The number of Topliss-reactive ketones (excluding diaryl/α,β-unsaturated/α-hetero) is 1. The molecule has 0 bridgehead atoms. The molecule has 2 aromatic carbocycles. The molecule has 21 heavy (non-hydrogen) atoms. The minimum Gasteiger partial charge on any atom is -0.457 e. The molecule has 0 aromatic heterocycles. The van der Waals surface area contributed by atoms with E-state index in [1.165, 1.54) is 11.1 Å². The second-order valence-corrected chi connectivity index (χ2v) is 6.39. The first-order valence-electron chi connectivity index (χ1n) is 6.97. The van der Waals surface area contributed by atoms with Gasteiger partial charge in [0.2, 0.25) is 0 Å². The molecular weight excluding hydrogens is 328 g/mol. The van der Waals surface area contributed by atoms with Crippen molar-refractivity contribution < 1.29 is 9.53 Å². The van der Waals surface area contributed by atoms with Crippen molar-refractivity contribution in [3.05, 3.63) is 57.6 Å². The monoisotopic (exact) mass is 346 g/mol. The summed E-state index contributed by atoms with van der Waals surface area (Å²) in [5.41, 5.74) is 3.09. The standard InChI is InChI=1S/C18H19BrO2/c1-11(2)16-8-6-15(9-12(16)3)21-18-10-14(19)5-7-17(18)13(4)20/h5-11H,1-4H3. The Morgan fingerprint density at radius 3 is 2.43 bits per heavy atom. The normalized spacial score (nSPS) is 10.8. The summed E-state index contributed by atoms with van der Waals surface area (Å²) < 4.78 is 6.80. The summed E-state index contributed by atoms with van der Waals surface area (Å²) in [6, 6.07) is 11.5. The van der Waals surface area contributed by atoms with Gasteiger partial charge < -0.3 is 4.74 Å². The SMILES string of the molecule is CC(=O)c1ccc(Br)cc1Oc1ccc(C(C)C)c(C)c1. The quantitative estimate of drug-likeness (QED) is 0.646. The molecule has 0 N–H and O–H groups in total. The molecule has 2 rings (SSSR count). The van der Waals surface area contributed by atoms with Gasteiger partial charge in [0, 0.05) is 4.47 Å². The van der Waals surface area contributed by atoms with Crippen LogP contribution in [0.5, 0.6) is 11.5 Å². The van der Waals surface area contributed by atoms with E-state index in [1.54, 1.807) is 13.0 Å². The van der Waals surface area contributed by atoms with Gasteiger partial charge in [0.15, 0.2) is 5.78 Å². The van der Waals surface area contributed by atoms with Gasteiger partial charge in [-0.1, -0.05) is 35.8 Å². The van der Waals surface area contributed by atoms with Gasteiger partial charge in [0.05, 0.1) is 5.56 Å². The molecule has 110 valence electrons. The molecule has 0 aliphatic heterocycles. The lowest BCUT2D eigenvalue weighted by Crippen LogP contribution is -1.98. The Kier molecular flexibility index (Phi) is 4.84. The zero-order chi connectivity index (χ0) is 15.6. The Morgan fingerprint density at radius 1 is 1.14 bits per heavy atom. The molecule has 0 radical (unpaired) electrons. The van der Waals surface area contributed by atoms with Crippen LogP contribution in [0.3, 0.4) is 0 Å². The Balaban J connectivity index is 2.36. The average Bonchev–Trinajstić information content (AvgIpc) is 2.37. The highest BCUT2D eigenvalue weighted by Crippen LogP contribution is 2.31. The molecular formula is C18H19BrO2. The lowest BCUT2D eigenvalue weighted by atomic mass is 9.98. The molecule has 0 aliphatic carbocycles. The Hall–Kier alpha value is -1.61. The first kappa shape index (κ1) is 15.8. The van der Waals surface area contributed by atoms with E-state index < -0.39 is 0 Å². The van der Waals surface area contributed by atoms with Crippen LogP contribution in [0.4, 0.5) is 0 Å². The lowest BCUT2D eigenvalue weighted by Gasteiger charge is -2.14. The van der Waals surface area contributed by atoms with Crippen molar-refractivity contribution in [2.45, 2.75) is 33.6 Å². The number of ether oxygens (including phenoxy) is 1. The molecule has 0 atom stereocenters. The van der Waals surface area contributed by atoms with Crippen molar-refractivity contribution in [3.8, 4) is 11.5 Å². The van der Waals surface area contributed by atoms with Gasteiger partial charge in [-0.2, -0.15) is 0 Å². The van der Waals surface area contributed by atoms with Crippen LogP contribution >= 0.6 is 15.9 Å². The molecule has 0 saturated carbocycles. The minimum atomic E-state index is -0.00646. The smallest absolute Gasteiger partial charge is 0.163 e. The molecule has 2 aromatic rings. The molecule has 0 amide bonds. The number of ketones is 1. The summed E-state index contributed by atoms with van der Waals surface area (Å²) in [7, 11) is 0. The summed E-state index contributed by atoms with van der Waals surface area (Å²) >= 11 is 3.41. The van der Waals surface area contributed by atoms with E-state index in [4.69, 9.17) is 4.74 Å². The predicted molar refractivity (Wildman–Crippen MR) is 89.5 cm³/mol. The second kappa shape index (κ2) is 6.44. The van der Waals surface area contributed by atoms with E-state index >= 15 is 0 Å². The van der Waals surface area contributed by atoms with Crippen LogP contribution < -0.4 is 4.74 Å². The number of hydrogen-bond donors (Lipinski definition) is 0. The maximum absolute atomic E-state index is 11.7. The van der Waals surface area contributed by atoms with Crippen molar-refractivity contribution in [2.24, 2.45) is 0 Å². The molecule has 0 saturated heterocycles. The van der Waals surface area contributed by atoms with Crippen LogP contribution in [0.1, 0.15) is 48.2 Å². The molecule has 0 heterocycles. The average molecular weight is 347 g/mol. The number of carbonyl (C=O) groups is 1. The summed E-state index contributed by atoms with van der Waals surface area (Å²) in [4.78, 5) is 11.7. The molecule has 0 unspecified atom stereocenters. The maximum atomic E-state index is 11.7. The summed E-state index contributed by atoms with van der Waals surface area (Å²) in [5.74, 6) is 1.80. The predicted octanol–water partition coefficient (Wildman–Crippen LogP) is 5.88. The Bertz CT molecular complexity index is 675. The van der Waals surface area contributed by atoms with Crippen molar-refractivity contribution in [1.29, 1.82) is 0 Å². The molecule has 0 spiro atoms. The largest absolute Gasteiger partial charge is 0.457 e. The van der Waals surface area contributed by atoms with Crippen molar-refractivity contribution in [1.82, 2.24) is 0 Å². The van der Waals surface area contributed by atoms with E-state index in [0.29, 0.717) is 17.2 Å². The van der Waals surface area contributed by atoms with Crippen LogP contribution in [-0.2, 0) is 0 Å². The number of benzene rings is 2. The van der Waals surface area contributed by atoms with Gasteiger partial charge in [0.25, 0.3) is 0 Å². The molecule has 0 fully saturated rings. The third kappa shape index (κ3) is 3.73. The van der Waals surface area contributed by atoms with Gasteiger partial charge in [-0.15, -0.1) is 0 Å². The van der Waals surface area contributed by atoms with Crippen LogP contribution in [0.15, 0.2) is 40.9 Å². The fourth-order valence-electron chi connectivity index (χ4n) is 2.36. The van der Waals surface area contributed by atoms with Crippen molar-refractivity contribution in [2.75, 3.05) is 0 Å². The molecule has 2 nitrogen and oxygen atoms in total. The van der Waals surface area contributed by atoms with Crippen LogP contribution in [0.2, 0.25) is 0 Å². The zero-order valence-corrected chi connectivity index (χ0v) is 14.3. The van der Waals surface area contributed by atoms with Crippen LogP contribution in [0.25, 0.3) is 0 Å². The Morgan fingerprint density at radius 2 is 1.86 bits per heavy atom. The van der Waals surface area contributed by atoms with E-state index in [1.807, 2.05) is 24.3 Å². The van der Waals surface area contributed by atoms with E-state index in [2.05, 4.69) is 42.8 Å². The highest BCUT2D eigenvalue weighted by Gasteiger charge is 2.11.